The molecule has 0 saturated carbocycles. The van der Waals surface area contributed by atoms with Gasteiger partial charge in [-0.25, -0.2) is 9.18 Å². The lowest BCUT2D eigenvalue weighted by Crippen LogP contribution is -2.50. The minimum absolute atomic E-state index is 0.0589. The van der Waals surface area contributed by atoms with Crippen LogP contribution in [0, 0.1) is 17.1 Å². The summed E-state index contributed by atoms with van der Waals surface area (Å²) >= 11 is 1.31. The molecule has 2 saturated heterocycles. The molecule has 2 fully saturated rings. The van der Waals surface area contributed by atoms with Gasteiger partial charge in [-0.15, -0.1) is 11.3 Å². The monoisotopic (exact) mass is 645 g/mol. The fraction of sp³-hybridized carbons (Fsp3) is 0.412. The zero-order valence-electron chi connectivity index (χ0n) is 26.0. The van der Waals surface area contributed by atoms with Gasteiger partial charge in [-0.1, -0.05) is 12.1 Å². The molecule has 0 aliphatic carbocycles. The fourth-order valence-electron chi connectivity index (χ4n) is 5.93. The first-order valence-electron chi connectivity index (χ1n) is 15.4. The van der Waals surface area contributed by atoms with Crippen LogP contribution in [0.25, 0.3) is 32.5 Å². The van der Waals surface area contributed by atoms with Gasteiger partial charge in [-0.05, 0) is 81.5 Å². The number of alkyl carbamates (subject to hydrolysis) is 1. The predicted molar refractivity (Wildman–Crippen MR) is 172 cm³/mol. The SMILES string of the molecule is CC(C)(C)OC(=O)N[C@@H]1CCCN(C(=O)c2cc(-c3ccc(C#N)c(F)c3)c(-c3ccc4nn([C@H]5COCC[C@@H]5O)cc4c3)s2)C1. The van der Waals surface area contributed by atoms with E-state index >= 15 is 0 Å². The molecule has 3 atom stereocenters. The molecule has 2 aliphatic rings. The topological polar surface area (TPSA) is 130 Å². The molecule has 4 heterocycles. The Labute approximate surface area is 270 Å². The lowest BCUT2D eigenvalue weighted by Gasteiger charge is -2.33. The molecule has 0 radical (unpaired) electrons. The number of carbonyl (C=O) groups excluding carboxylic acids is 2. The first-order chi connectivity index (χ1) is 22.0. The van der Waals surface area contributed by atoms with Gasteiger partial charge >= 0.3 is 6.09 Å². The number of nitrogens with one attached hydrogen (secondary N) is 1. The van der Waals surface area contributed by atoms with Gasteiger partial charge < -0.3 is 24.8 Å². The lowest BCUT2D eigenvalue weighted by atomic mass is 10.00. The minimum Gasteiger partial charge on any atom is -0.444 e. The van der Waals surface area contributed by atoms with E-state index in [1.165, 1.54) is 23.5 Å². The Hall–Kier alpha value is -4.31. The number of halogens is 1. The smallest absolute Gasteiger partial charge is 0.407 e. The molecular formula is C34H36FN5O5S. The van der Waals surface area contributed by atoms with Crippen molar-refractivity contribution < 1.29 is 28.6 Å². The highest BCUT2D eigenvalue weighted by molar-refractivity contribution is 7.18. The van der Waals surface area contributed by atoms with Crippen LogP contribution in [0.1, 0.15) is 61.3 Å². The molecule has 46 heavy (non-hydrogen) atoms. The van der Waals surface area contributed by atoms with Crippen molar-refractivity contribution in [3.63, 3.8) is 0 Å². The summed E-state index contributed by atoms with van der Waals surface area (Å²) in [4.78, 5) is 29.3. The fourth-order valence-corrected chi connectivity index (χ4v) is 7.07. The molecule has 0 unspecified atom stereocenters. The van der Waals surface area contributed by atoms with E-state index in [4.69, 9.17) is 9.47 Å². The molecule has 0 spiro atoms. The van der Waals surface area contributed by atoms with Gasteiger partial charge in [0.15, 0.2) is 0 Å². The second kappa shape index (κ2) is 12.8. The van der Waals surface area contributed by atoms with Crippen LogP contribution in [0.2, 0.25) is 0 Å². The van der Waals surface area contributed by atoms with Crippen molar-refractivity contribution in [2.24, 2.45) is 0 Å². The maximum atomic E-state index is 14.8. The summed E-state index contributed by atoms with van der Waals surface area (Å²) in [6, 6.07) is 13.3. The Morgan fingerprint density at radius 1 is 1.17 bits per heavy atom. The molecule has 12 heteroatoms. The maximum absolute atomic E-state index is 14.8. The summed E-state index contributed by atoms with van der Waals surface area (Å²) in [5.41, 5.74) is 2.09. The first kappa shape index (κ1) is 31.7. The zero-order valence-corrected chi connectivity index (χ0v) is 26.8. The van der Waals surface area contributed by atoms with Gasteiger partial charge in [0.2, 0.25) is 0 Å². The number of amides is 2. The lowest BCUT2D eigenvalue weighted by molar-refractivity contribution is -0.0327. The van der Waals surface area contributed by atoms with Crippen LogP contribution in [0.5, 0.6) is 0 Å². The Kier molecular flexibility index (Phi) is 8.83. The van der Waals surface area contributed by atoms with Crippen LogP contribution in [-0.2, 0) is 9.47 Å². The van der Waals surface area contributed by atoms with Gasteiger partial charge in [0, 0.05) is 47.8 Å². The average molecular weight is 646 g/mol. The summed E-state index contributed by atoms with van der Waals surface area (Å²) in [7, 11) is 0. The van der Waals surface area contributed by atoms with Crippen LogP contribution < -0.4 is 5.32 Å². The number of nitriles is 1. The van der Waals surface area contributed by atoms with Crippen LogP contribution in [0.3, 0.4) is 0 Å². The van der Waals surface area contributed by atoms with Gasteiger partial charge in [0.25, 0.3) is 5.91 Å². The number of aromatic nitrogens is 2. The number of aliphatic hydroxyl groups excluding tert-OH is 1. The summed E-state index contributed by atoms with van der Waals surface area (Å²) < 4.78 is 27.5. The third kappa shape index (κ3) is 6.77. The molecule has 2 amide bonds. The standard InChI is InChI=1S/C34H36FN5O5S/c1-34(2,3)45-33(43)37-24-5-4-11-39(18-24)32(42)30-15-25(20-6-7-22(16-36)26(35)14-20)31(46-30)21-8-9-27-23(13-21)17-40(38-27)28-19-44-12-10-29(28)41/h6-9,13-15,17,24,28-29,41H,4-5,10-12,18-19H2,1-3H3,(H,37,43)/t24-,28+,29+/m1/s1. The first-order valence-corrected chi connectivity index (χ1v) is 16.2. The van der Waals surface area contributed by atoms with Crippen molar-refractivity contribution in [1.29, 1.82) is 5.26 Å². The van der Waals surface area contributed by atoms with E-state index in [9.17, 15) is 24.3 Å². The third-order valence-electron chi connectivity index (χ3n) is 8.19. The summed E-state index contributed by atoms with van der Waals surface area (Å²) in [5, 5.41) is 28.2. The number of likely N-dealkylation sites (tertiary alicyclic amines) is 1. The number of hydrogen-bond acceptors (Lipinski definition) is 8. The highest BCUT2D eigenvalue weighted by Crippen LogP contribution is 2.41. The van der Waals surface area contributed by atoms with Gasteiger partial charge in [0.1, 0.15) is 23.5 Å². The van der Waals surface area contributed by atoms with Crippen molar-refractivity contribution in [3.8, 4) is 27.6 Å². The number of ether oxygens (including phenoxy) is 2. The second-order valence-corrected chi connectivity index (χ2v) is 13.8. The Bertz CT molecular complexity index is 1820. The number of aliphatic hydroxyl groups is 1. The number of carbonyl (C=O) groups is 2. The van der Waals surface area contributed by atoms with Crippen molar-refractivity contribution in [2.75, 3.05) is 26.3 Å². The zero-order chi connectivity index (χ0) is 32.6. The average Bonchev–Trinajstić information content (AvgIpc) is 3.65. The number of nitrogens with zero attached hydrogens (tertiary/aromatic N) is 4. The number of hydrogen-bond donors (Lipinski definition) is 2. The number of fused-ring (bicyclic) bond motifs is 1. The highest BCUT2D eigenvalue weighted by atomic mass is 32.1. The largest absolute Gasteiger partial charge is 0.444 e. The molecular weight excluding hydrogens is 609 g/mol. The molecule has 2 aromatic heterocycles. The van der Waals surface area contributed by atoms with Gasteiger partial charge in [-0.2, -0.15) is 10.4 Å². The van der Waals surface area contributed by atoms with E-state index in [2.05, 4.69) is 10.4 Å². The summed E-state index contributed by atoms with van der Waals surface area (Å²) in [5.74, 6) is -0.815. The second-order valence-electron chi connectivity index (χ2n) is 12.8. The number of benzene rings is 2. The van der Waals surface area contributed by atoms with Crippen LogP contribution in [-0.4, -0.2) is 75.8 Å². The molecule has 0 bridgehead atoms. The van der Waals surface area contributed by atoms with Crippen molar-refractivity contribution >= 4 is 34.2 Å². The van der Waals surface area contributed by atoms with E-state index in [1.54, 1.807) is 42.5 Å². The van der Waals surface area contributed by atoms with E-state index in [-0.39, 0.29) is 23.6 Å². The van der Waals surface area contributed by atoms with Crippen LogP contribution >= 0.6 is 11.3 Å². The van der Waals surface area contributed by atoms with Gasteiger partial charge in [-0.3, -0.25) is 9.48 Å². The third-order valence-corrected chi connectivity index (χ3v) is 9.36. The molecule has 6 rings (SSSR count). The number of rotatable bonds is 5. The van der Waals surface area contributed by atoms with E-state index < -0.39 is 23.6 Å². The van der Waals surface area contributed by atoms with E-state index in [0.29, 0.717) is 48.7 Å². The Morgan fingerprint density at radius 2 is 1.98 bits per heavy atom. The Balaban J connectivity index is 1.33. The van der Waals surface area contributed by atoms with Gasteiger partial charge in [0.05, 0.1) is 28.7 Å². The highest BCUT2D eigenvalue weighted by Gasteiger charge is 2.30. The van der Waals surface area contributed by atoms with E-state index in [0.717, 1.165) is 34.2 Å². The maximum Gasteiger partial charge on any atom is 0.407 e. The predicted octanol–water partition coefficient (Wildman–Crippen LogP) is 5.89. The van der Waals surface area contributed by atoms with Crippen LogP contribution in [0.15, 0.2) is 48.7 Å². The summed E-state index contributed by atoms with van der Waals surface area (Å²) in [6.07, 6.45) is 2.80. The molecule has 240 valence electrons. The minimum atomic E-state index is -0.637. The molecule has 4 aromatic rings. The molecule has 2 aromatic carbocycles. The quantitative estimate of drug-likeness (QED) is 0.277. The number of thiophene rings is 1. The van der Waals surface area contributed by atoms with Crippen molar-refractivity contribution in [3.05, 3.63) is 64.9 Å². The number of piperidine rings is 1. The van der Waals surface area contributed by atoms with E-state index in [1.807, 2.05) is 30.5 Å². The van der Waals surface area contributed by atoms with Crippen LogP contribution in [0.4, 0.5) is 9.18 Å². The Morgan fingerprint density at radius 3 is 2.72 bits per heavy atom. The van der Waals surface area contributed by atoms with Crippen molar-refractivity contribution in [1.82, 2.24) is 20.0 Å². The molecule has 2 aliphatic heterocycles. The molecule has 10 nitrogen and oxygen atoms in total. The summed E-state index contributed by atoms with van der Waals surface area (Å²) in [6.45, 7) is 7.17. The normalized spacial score (nSPS) is 20.3. The molecule has 2 N–H and O–H groups in total. The van der Waals surface area contributed by atoms with Crippen molar-refractivity contribution in [2.45, 2.75) is 63.8 Å².